The lowest BCUT2D eigenvalue weighted by Gasteiger charge is -2.43. The number of aliphatic hydroxyl groups excluding tert-OH is 1. The third-order valence-electron chi connectivity index (χ3n) is 6.83. The van der Waals surface area contributed by atoms with Crippen molar-refractivity contribution in [3.8, 4) is 0 Å². The van der Waals surface area contributed by atoms with Crippen molar-refractivity contribution >= 4 is 40.8 Å². The zero-order chi connectivity index (χ0) is 23.2. The first-order valence-electron chi connectivity index (χ1n) is 11.0. The second-order valence-corrected chi connectivity index (χ2v) is 10.6. The van der Waals surface area contributed by atoms with Crippen molar-refractivity contribution in [2.24, 2.45) is 11.1 Å². The topological polar surface area (TPSA) is 88.2 Å². The fourth-order valence-corrected chi connectivity index (χ4v) is 6.25. The van der Waals surface area contributed by atoms with Gasteiger partial charge in [-0.1, -0.05) is 59.2 Å². The van der Waals surface area contributed by atoms with Crippen LogP contribution in [0.4, 0.5) is 5.82 Å². The van der Waals surface area contributed by atoms with Crippen molar-refractivity contribution in [2.45, 2.75) is 48.3 Å². The number of nitrogens with zero attached hydrogens (tertiary/aromatic N) is 4. The Bertz CT molecular complexity index is 1180. The Morgan fingerprint density at radius 1 is 1.18 bits per heavy atom. The van der Waals surface area contributed by atoms with Gasteiger partial charge in [-0.25, -0.2) is 15.0 Å². The molecular formula is C24H25Cl2N5OS. The number of benzene rings is 1. The summed E-state index contributed by atoms with van der Waals surface area (Å²) in [7, 11) is 0. The summed E-state index contributed by atoms with van der Waals surface area (Å²) in [5.41, 5.74) is 10.0. The van der Waals surface area contributed by atoms with E-state index in [9.17, 15) is 5.11 Å². The van der Waals surface area contributed by atoms with E-state index in [1.54, 1.807) is 25.4 Å². The van der Waals surface area contributed by atoms with E-state index in [1.165, 1.54) is 22.9 Å². The monoisotopic (exact) mass is 501 g/mol. The molecule has 5 rings (SSSR count). The molecule has 1 aromatic carbocycles. The maximum atomic E-state index is 10.5. The quantitative estimate of drug-likeness (QED) is 0.473. The Labute approximate surface area is 207 Å². The van der Waals surface area contributed by atoms with Crippen molar-refractivity contribution in [1.29, 1.82) is 0 Å². The zero-order valence-electron chi connectivity index (χ0n) is 18.2. The molecule has 0 amide bonds. The number of piperidine rings is 1. The molecule has 6 nitrogen and oxygen atoms in total. The van der Waals surface area contributed by atoms with E-state index in [-0.39, 0.29) is 16.6 Å². The average Bonchev–Trinajstić information content (AvgIpc) is 3.09. The highest BCUT2D eigenvalue weighted by Crippen LogP contribution is 2.51. The van der Waals surface area contributed by atoms with Gasteiger partial charge < -0.3 is 15.7 Å². The first kappa shape index (κ1) is 22.9. The maximum Gasteiger partial charge on any atom is 0.153 e. The second-order valence-electron chi connectivity index (χ2n) is 8.81. The van der Waals surface area contributed by atoms with Crippen LogP contribution in [-0.4, -0.2) is 33.1 Å². The van der Waals surface area contributed by atoms with Crippen molar-refractivity contribution in [3.05, 3.63) is 69.7 Å². The largest absolute Gasteiger partial charge is 0.387 e. The molecule has 2 aliphatic rings. The molecule has 1 spiro atoms. The van der Waals surface area contributed by atoms with Crippen LogP contribution < -0.4 is 10.6 Å². The highest BCUT2D eigenvalue weighted by molar-refractivity contribution is 7.99. The Hall–Kier alpha value is -1.90. The van der Waals surface area contributed by atoms with Crippen LogP contribution >= 0.6 is 35.0 Å². The molecule has 2 atom stereocenters. The highest BCUT2D eigenvalue weighted by atomic mass is 35.5. The fourth-order valence-electron chi connectivity index (χ4n) is 5.02. The summed E-state index contributed by atoms with van der Waals surface area (Å²) in [5, 5.41) is 11.7. The number of fused-ring (bicyclic) bond motifs is 1. The molecule has 9 heteroatoms. The van der Waals surface area contributed by atoms with E-state index < -0.39 is 6.10 Å². The highest BCUT2D eigenvalue weighted by Gasteiger charge is 2.46. The molecule has 1 unspecified atom stereocenters. The van der Waals surface area contributed by atoms with E-state index in [1.807, 2.05) is 0 Å². The summed E-state index contributed by atoms with van der Waals surface area (Å²) in [6.45, 7) is 3.37. The molecule has 0 bridgehead atoms. The van der Waals surface area contributed by atoms with E-state index in [0.29, 0.717) is 15.7 Å². The van der Waals surface area contributed by atoms with Gasteiger partial charge >= 0.3 is 0 Å². The number of halogens is 2. The molecule has 1 saturated heterocycles. The molecule has 33 heavy (non-hydrogen) atoms. The van der Waals surface area contributed by atoms with Crippen LogP contribution in [-0.2, 0) is 6.42 Å². The number of aromatic nitrogens is 3. The summed E-state index contributed by atoms with van der Waals surface area (Å²) in [6, 6.07) is 10.4. The second kappa shape index (κ2) is 9.04. The number of nitrogens with two attached hydrogens (primary N) is 1. The predicted molar refractivity (Wildman–Crippen MR) is 132 cm³/mol. The predicted octanol–water partition coefficient (Wildman–Crippen LogP) is 5.23. The molecule has 3 aromatic rings. The lowest BCUT2D eigenvalue weighted by Crippen LogP contribution is -2.45. The Kier molecular flexibility index (Phi) is 6.27. The molecule has 3 heterocycles. The van der Waals surface area contributed by atoms with Crippen LogP contribution in [0.3, 0.4) is 0 Å². The van der Waals surface area contributed by atoms with Crippen molar-refractivity contribution in [1.82, 2.24) is 15.0 Å². The van der Waals surface area contributed by atoms with Crippen LogP contribution in [0.15, 0.2) is 52.6 Å². The van der Waals surface area contributed by atoms with E-state index in [4.69, 9.17) is 38.9 Å². The molecule has 0 radical (unpaired) electrons. The number of hydrogen-bond donors (Lipinski definition) is 2. The zero-order valence-corrected chi connectivity index (χ0v) is 20.5. The third-order valence-corrected chi connectivity index (χ3v) is 8.67. The molecule has 0 saturated carbocycles. The molecule has 1 aliphatic heterocycles. The minimum atomic E-state index is -0.751. The molecule has 2 aromatic heterocycles. The summed E-state index contributed by atoms with van der Waals surface area (Å²) in [6.07, 6.45) is 5.55. The average molecular weight is 502 g/mol. The SMILES string of the molecule is CC(O)c1nc(Sc2ccnc(Cl)c2Cl)cnc1N1CCC2(CC1)Cc1ccccc1[C@H]2N. The van der Waals surface area contributed by atoms with Crippen LogP contribution in [0, 0.1) is 5.41 Å². The Balaban J connectivity index is 1.35. The Morgan fingerprint density at radius 3 is 2.67 bits per heavy atom. The van der Waals surface area contributed by atoms with Crippen molar-refractivity contribution in [3.63, 3.8) is 0 Å². The smallest absolute Gasteiger partial charge is 0.153 e. The fraction of sp³-hybridized carbons (Fsp3) is 0.375. The van der Waals surface area contributed by atoms with Gasteiger partial charge in [-0.2, -0.15) is 0 Å². The summed E-state index contributed by atoms with van der Waals surface area (Å²) in [5.74, 6) is 0.729. The van der Waals surface area contributed by atoms with Gasteiger partial charge in [0.25, 0.3) is 0 Å². The molecule has 1 fully saturated rings. The minimum Gasteiger partial charge on any atom is -0.387 e. The van der Waals surface area contributed by atoms with Crippen molar-refractivity contribution in [2.75, 3.05) is 18.0 Å². The lowest BCUT2D eigenvalue weighted by molar-refractivity contribution is 0.182. The summed E-state index contributed by atoms with van der Waals surface area (Å²) < 4.78 is 0. The molecule has 1 aliphatic carbocycles. The molecular weight excluding hydrogens is 477 g/mol. The minimum absolute atomic E-state index is 0.0638. The molecule has 172 valence electrons. The van der Waals surface area contributed by atoms with Crippen LogP contribution in [0.1, 0.15) is 48.7 Å². The first-order valence-corrected chi connectivity index (χ1v) is 12.6. The Morgan fingerprint density at radius 2 is 1.94 bits per heavy atom. The van der Waals surface area contributed by atoms with Gasteiger partial charge in [-0.15, -0.1) is 0 Å². The number of anilines is 1. The van der Waals surface area contributed by atoms with Crippen LogP contribution in [0.25, 0.3) is 0 Å². The van der Waals surface area contributed by atoms with Gasteiger partial charge in [-0.3, -0.25) is 0 Å². The normalized spacial score (nSPS) is 20.2. The van der Waals surface area contributed by atoms with Gasteiger partial charge in [0.1, 0.15) is 15.9 Å². The van der Waals surface area contributed by atoms with Gasteiger partial charge in [0.2, 0.25) is 0 Å². The summed E-state index contributed by atoms with van der Waals surface area (Å²) in [4.78, 5) is 16.4. The third kappa shape index (κ3) is 4.21. The lowest BCUT2D eigenvalue weighted by atomic mass is 9.73. The van der Waals surface area contributed by atoms with E-state index in [2.05, 4.69) is 34.1 Å². The van der Waals surface area contributed by atoms with Crippen molar-refractivity contribution < 1.29 is 5.11 Å². The van der Waals surface area contributed by atoms with E-state index in [0.717, 1.165) is 43.1 Å². The van der Waals surface area contributed by atoms with Gasteiger partial charge in [0, 0.05) is 30.2 Å². The van der Waals surface area contributed by atoms with E-state index >= 15 is 0 Å². The van der Waals surface area contributed by atoms with Gasteiger partial charge in [-0.05, 0) is 48.8 Å². The standard InChI is InChI=1S/C24H25Cl2N5OS/c1-14(32)20-23(29-13-18(30-20)33-17-6-9-28-22(26)19(17)25)31-10-7-24(8-11-31)12-15-4-2-3-5-16(15)21(24)27/h2-6,9,13-14,21,32H,7-8,10-12,27H2,1H3/t14?,21-/m1/s1. The molecule has 3 N–H and O–H groups in total. The van der Waals surface area contributed by atoms with Gasteiger partial charge in [0.05, 0.1) is 17.3 Å². The number of hydrogen-bond acceptors (Lipinski definition) is 7. The van der Waals surface area contributed by atoms with Crippen LogP contribution in [0.2, 0.25) is 10.2 Å². The number of aliphatic hydroxyl groups is 1. The maximum absolute atomic E-state index is 10.5. The number of rotatable bonds is 4. The van der Waals surface area contributed by atoms with Crippen LogP contribution in [0.5, 0.6) is 0 Å². The first-order chi connectivity index (χ1) is 15.9. The van der Waals surface area contributed by atoms with Gasteiger partial charge in [0.15, 0.2) is 5.82 Å². The number of pyridine rings is 1. The summed E-state index contributed by atoms with van der Waals surface area (Å²) >= 11 is 13.7.